The number of phenolic OH excluding ortho intramolecular Hbond substituents is 1. The van der Waals surface area contributed by atoms with E-state index < -0.39 is 11.9 Å². The normalized spacial score (nSPS) is 11.4. The van der Waals surface area contributed by atoms with E-state index in [2.05, 4.69) is 0 Å². The molecule has 0 amide bonds. The number of aromatic hydroxyl groups is 1. The average molecular weight is 491 g/mol. The van der Waals surface area contributed by atoms with Crippen molar-refractivity contribution in [3.05, 3.63) is 114 Å². The van der Waals surface area contributed by atoms with Gasteiger partial charge in [-0.15, -0.1) is 0 Å². The molecule has 0 aliphatic heterocycles. The molecule has 0 saturated carbocycles. The molecule has 1 N–H and O–H groups in total. The Kier molecular flexibility index (Phi) is 6.14. The lowest BCUT2D eigenvalue weighted by molar-refractivity contribution is 0.0717. The molecule has 5 heteroatoms. The summed E-state index contributed by atoms with van der Waals surface area (Å²) >= 11 is 0. The summed E-state index contributed by atoms with van der Waals surface area (Å²) in [6.45, 7) is 5.99. The van der Waals surface area contributed by atoms with Crippen LogP contribution in [0, 0.1) is 0 Å². The summed E-state index contributed by atoms with van der Waals surface area (Å²) in [4.78, 5) is 25.9. The monoisotopic (exact) mass is 490 g/mol. The fourth-order valence-electron chi connectivity index (χ4n) is 4.25. The molecule has 0 spiro atoms. The molecule has 0 heterocycles. The molecule has 0 atom stereocenters. The topological polar surface area (TPSA) is 72.8 Å². The van der Waals surface area contributed by atoms with E-state index in [1.807, 2.05) is 57.2 Å². The summed E-state index contributed by atoms with van der Waals surface area (Å²) in [6.07, 6.45) is 0. The Morgan fingerprint density at radius 3 is 1.89 bits per heavy atom. The molecule has 0 unspecified atom stereocenters. The van der Waals surface area contributed by atoms with Crippen molar-refractivity contribution in [2.24, 2.45) is 0 Å². The second kappa shape index (κ2) is 9.43. The van der Waals surface area contributed by atoms with Crippen molar-refractivity contribution in [2.75, 3.05) is 0 Å². The number of ether oxygens (including phenoxy) is 2. The van der Waals surface area contributed by atoms with Gasteiger partial charge in [0.2, 0.25) is 0 Å². The highest BCUT2D eigenvalue weighted by Gasteiger charge is 2.23. The second-order valence-electron chi connectivity index (χ2n) is 10.00. The smallest absolute Gasteiger partial charge is 0.343 e. The molecule has 0 fully saturated rings. The van der Waals surface area contributed by atoms with Crippen molar-refractivity contribution in [3.63, 3.8) is 0 Å². The van der Waals surface area contributed by atoms with Gasteiger partial charge in [-0.25, -0.2) is 9.59 Å². The van der Waals surface area contributed by atoms with Gasteiger partial charge in [0.05, 0.1) is 11.1 Å². The van der Waals surface area contributed by atoms with Crippen LogP contribution in [0.15, 0.2) is 97.1 Å². The number of fused-ring (bicyclic) bond motifs is 2. The van der Waals surface area contributed by atoms with Crippen LogP contribution in [0.2, 0.25) is 0 Å². The van der Waals surface area contributed by atoms with E-state index in [0.717, 1.165) is 27.1 Å². The summed E-state index contributed by atoms with van der Waals surface area (Å²) < 4.78 is 11.5. The largest absolute Gasteiger partial charge is 0.508 e. The molecule has 0 aliphatic rings. The highest BCUT2D eigenvalue weighted by Crippen LogP contribution is 2.35. The first-order valence-corrected chi connectivity index (χ1v) is 12.0. The van der Waals surface area contributed by atoms with E-state index in [1.165, 1.54) is 0 Å². The van der Waals surface area contributed by atoms with Crippen LogP contribution in [0.5, 0.6) is 17.2 Å². The maximum Gasteiger partial charge on any atom is 0.343 e. The highest BCUT2D eigenvalue weighted by molar-refractivity contribution is 5.97. The standard InChI is InChI=1S/C32H26O5/c1-32(2,3)28-19-27(36-30(34)24-10-8-20-6-4-5-7-21(20)16-24)14-15-29(28)37-31(35)25-11-9-23-18-26(33)13-12-22(23)17-25/h4-19,33H,1-3H3. The SMILES string of the molecule is CC(C)(C)c1cc(OC(=O)c2ccc3ccccc3c2)ccc1OC(=O)c1ccc2cc(O)ccc2c1. The van der Waals surface area contributed by atoms with Crippen LogP contribution < -0.4 is 9.47 Å². The van der Waals surface area contributed by atoms with Crippen LogP contribution in [-0.4, -0.2) is 17.0 Å². The fraction of sp³-hybridized carbons (Fsp3) is 0.125. The van der Waals surface area contributed by atoms with E-state index >= 15 is 0 Å². The number of rotatable bonds is 4. The molecule has 5 aromatic carbocycles. The Labute approximate surface area is 214 Å². The van der Waals surface area contributed by atoms with Crippen LogP contribution in [0.25, 0.3) is 21.5 Å². The van der Waals surface area contributed by atoms with Crippen LogP contribution in [0.3, 0.4) is 0 Å². The summed E-state index contributed by atoms with van der Waals surface area (Å²) in [7, 11) is 0. The first-order valence-electron chi connectivity index (χ1n) is 12.0. The Hall–Kier alpha value is -4.64. The van der Waals surface area contributed by atoms with Crippen molar-refractivity contribution in [3.8, 4) is 17.2 Å². The number of hydrogen-bond donors (Lipinski definition) is 1. The predicted octanol–water partition coefficient (Wildman–Crippen LogP) is 7.43. The van der Waals surface area contributed by atoms with Gasteiger partial charge in [0, 0.05) is 5.56 Å². The Balaban J connectivity index is 1.39. The summed E-state index contributed by atoms with van der Waals surface area (Å²) in [6, 6.07) is 28.4. The van der Waals surface area contributed by atoms with Gasteiger partial charge in [0.1, 0.15) is 17.2 Å². The maximum atomic E-state index is 13.0. The van der Waals surface area contributed by atoms with Gasteiger partial charge in [-0.05, 0) is 81.6 Å². The van der Waals surface area contributed by atoms with Gasteiger partial charge in [-0.2, -0.15) is 0 Å². The molecule has 5 nitrogen and oxygen atoms in total. The minimum Gasteiger partial charge on any atom is -0.508 e. The van der Waals surface area contributed by atoms with Gasteiger partial charge >= 0.3 is 11.9 Å². The molecule has 0 aliphatic carbocycles. The third-order valence-electron chi connectivity index (χ3n) is 6.22. The van der Waals surface area contributed by atoms with Gasteiger partial charge in [-0.3, -0.25) is 0 Å². The number of phenols is 1. The van der Waals surface area contributed by atoms with Gasteiger partial charge < -0.3 is 14.6 Å². The third-order valence-corrected chi connectivity index (χ3v) is 6.22. The molecule has 0 bridgehead atoms. The predicted molar refractivity (Wildman–Crippen MR) is 145 cm³/mol. The zero-order valence-corrected chi connectivity index (χ0v) is 20.8. The lowest BCUT2D eigenvalue weighted by atomic mass is 9.86. The molecular formula is C32H26O5. The van der Waals surface area contributed by atoms with Crippen molar-refractivity contribution in [2.45, 2.75) is 26.2 Å². The zero-order chi connectivity index (χ0) is 26.2. The molecule has 184 valence electrons. The molecule has 5 aromatic rings. The van der Waals surface area contributed by atoms with Crippen LogP contribution in [0.1, 0.15) is 47.1 Å². The molecule has 0 radical (unpaired) electrons. The molecular weight excluding hydrogens is 464 g/mol. The highest BCUT2D eigenvalue weighted by atomic mass is 16.5. The van der Waals surface area contributed by atoms with E-state index in [0.29, 0.717) is 22.6 Å². The molecule has 37 heavy (non-hydrogen) atoms. The summed E-state index contributed by atoms with van der Waals surface area (Å²) in [5, 5.41) is 13.3. The van der Waals surface area contributed by atoms with Crippen molar-refractivity contribution in [1.82, 2.24) is 0 Å². The van der Waals surface area contributed by atoms with E-state index in [-0.39, 0.29) is 11.2 Å². The zero-order valence-electron chi connectivity index (χ0n) is 20.8. The number of hydrogen-bond acceptors (Lipinski definition) is 5. The minimum absolute atomic E-state index is 0.166. The molecule has 0 saturated heterocycles. The number of benzene rings is 5. The van der Waals surface area contributed by atoms with Crippen molar-refractivity contribution in [1.29, 1.82) is 0 Å². The van der Waals surface area contributed by atoms with Crippen molar-refractivity contribution < 1.29 is 24.2 Å². The van der Waals surface area contributed by atoms with Crippen LogP contribution in [0.4, 0.5) is 0 Å². The van der Waals surface area contributed by atoms with E-state index in [1.54, 1.807) is 60.7 Å². The maximum absolute atomic E-state index is 13.0. The van der Waals surface area contributed by atoms with Crippen molar-refractivity contribution >= 4 is 33.5 Å². The lowest BCUT2D eigenvalue weighted by Gasteiger charge is -2.23. The molecule has 5 rings (SSSR count). The van der Waals surface area contributed by atoms with Gasteiger partial charge in [0.15, 0.2) is 0 Å². The fourth-order valence-corrected chi connectivity index (χ4v) is 4.25. The summed E-state index contributed by atoms with van der Waals surface area (Å²) in [5.41, 5.74) is 1.19. The quantitative estimate of drug-likeness (QED) is 0.209. The van der Waals surface area contributed by atoms with Gasteiger partial charge in [0.25, 0.3) is 0 Å². The number of carbonyl (C=O) groups is 2. The number of esters is 2. The Morgan fingerprint density at radius 1 is 0.622 bits per heavy atom. The van der Waals surface area contributed by atoms with Crippen LogP contribution in [-0.2, 0) is 5.41 Å². The van der Waals surface area contributed by atoms with E-state index in [4.69, 9.17) is 9.47 Å². The van der Waals surface area contributed by atoms with Gasteiger partial charge in [-0.1, -0.05) is 63.2 Å². The molecule has 0 aromatic heterocycles. The minimum atomic E-state index is -0.499. The van der Waals surface area contributed by atoms with E-state index in [9.17, 15) is 14.7 Å². The second-order valence-corrected chi connectivity index (χ2v) is 10.00. The Morgan fingerprint density at radius 2 is 1.19 bits per heavy atom. The van der Waals surface area contributed by atoms with Crippen LogP contribution >= 0.6 is 0 Å². The average Bonchev–Trinajstić information content (AvgIpc) is 2.88. The first-order chi connectivity index (χ1) is 17.7. The summed E-state index contributed by atoms with van der Waals surface area (Å²) in [5.74, 6) is -0.0276. The first kappa shape index (κ1) is 24.1. The number of carbonyl (C=O) groups excluding carboxylic acids is 2. The third kappa shape index (κ3) is 5.16. The Bertz CT molecular complexity index is 1660. The lowest BCUT2D eigenvalue weighted by Crippen LogP contribution is -2.17.